The molecule has 5 nitrogen and oxygen atoms in total. The van der Waals surface area contributed by atoms with E-state index in [9.17, 15) is 9.59 Å². The summed E-state index contributed by atoms with van der Waals surface area (Å²) in [5.74, 6) is 0.528. The number of hydrogen-bond donors (Lipinski definition) is 1. The highest BCUT2D eigenvalue weighted by Crippen LogP contribution is 2.27. The van der Waals surface area contributed by atoms with Crippen LogP contribution in [0.15, 0.2) is 78.9 Å². The molecule has 160 valence electrons. The summed E-state index contributed by atoms with van der Waals surface area (Å²) < 4.78 is 11.2. The molecular formula is C26H27NO4. The van der Waals surface area contributed by atoms with E-state index < -0.39 is 12.1 Å². The lowest BCUT2D eigenvalue weighted by Crippen LogP contribution is -2.30. The molecule has 0 saturated carbocycles. The number of carbonyl (C=O) groups is 2. The standard InChI is InChI=1S/C26H27NO4/c1-4-18(2)23-15-8-9-16-24(23)27-25(28)19(3)30-26(29)20-11-10-14-22(17-20)31-21-12-6-5-7-13-21/h5-19H,4H2,1-3H3,(H,27,28)/t18-,19-/m0/s1. The lowest BCUT2D eigenvalue weighted by atomic mass is 9.97. The van der Waals surface area contributed by atoms with Gasteiger partial charge in [-0.2, -0.15) is 0 Å². The zero-order chi connectivity index (χ0) is 22.2. The number of rotatable bonds is 8. The molecule has 0 aromatic heterocycles. The molecule has 3 rings (SSSR count). The monoisotopic (exact) mass is 417 g/mol. The number of carbonyl (C=O) groups excluding carboxylic acids is 2. The van der Waals surface area contributed by atoms with Crippen molar-refractivity contribution in [2.45, 2.75) is 39.2 Å². The van der Waals surface area contributed by atoms with E-state index in [0.717, 1.165) is 17.7 Å². The van der Waals surface area contributed by atoms with E-state index in [0.29, 0.717) is 23.0 Å². The van der Waals surface area contributed by atoms with E-state index in [4.69, 9.17) is 9.47 Å². The highest BCUT2D eigenvalue weighted by Gasteiger charge is 2.21. The first-order chi connectivity index (χ1) is 15.0. The SMILES string of the molecule is CC[C@H](C)c1ccccc1NC(=O)[C@H](C)OC(=O)c1cccc(Oc2ccccc2)c1. The van der Waals surface area contributed by atoms with Crippen LogP contribution in [0.5, 0.6) is 11.5 Å². The van der Waals surface area contributed by atoms with Crippen molar-refractivity contribution in [1.82, 2.24) is 0 Å². The largest absolute Gasteiger partial charge is 0.457 e. The van der Waals surface area contributed by atoms with Gasteiger partial charge in [0.25, 0.3) is 5.91 Å². The lowest BCUT2D eigenvalue weighted by Gasteiger charge is -2.18. The Hall–Kier alpha value is -3.60. The van der Waals surface area contributed by atoms with Gasteiger partial charge in [-0.25, -0.2) is 4.79 Å². The van der Waals surface area contributed by atoms with Gasteiger partial charge < -0.3 is 14.8 Å². The van der Waals surface area contributed by atoms with Gasteiger partial charge in [-0.1, -0.05) is 56.3 Å². The number of nitrogens with one attached hydrogen (secondary N) is 1. The fourth-order valence-corrected chi connectivity index (χ4v) is 3.09. The Morgan fingerprint density at radius 2 is 1.55 bits per heavy atom. The number of para-hydroxylation sites is 2. The second-order valence-corrected chi connectivity index (χ2v) is 7.38. The van der Waals surface area contributed by atoms with Crippen LogP contribution in [0, 0.1) is 0 Å². The number of esters is 1. The molecule has 0 heterocycles. The quantitative estimate of drug-likeness (QED) is 0.445. The Kier molecular flexibility index (Phi) is 7.44. The Bertz CT molecular complexity index is 1030. The Balaban J connectivity index is 1.64. The highest BCUT2D eigenvalue weighted by molar-refractivity contribution is 5.98. The third-order valence-corrected chi connectivity index (χ3v) is 5.06. The van der Waals surface area contributed by atoms with Crippen molar-refractivity contribution in [3.63, 3.8) is 0 Å². The van der Waals surface area contributed by atoms with Gasteiger partial charge in [0.1, 0.15) is 11.5 Å². The maximum absolute atomic E-state index is 12.6. The second-order valence-electron chi connectivity index (χ2n) is 7.38. The minimum Gasteiger partial charge on any atom is -0.457 e. The van der Waals surface area contributed by atoms with E-state index in [2.05, 4.69) is 19.2 Å². The average molecular weight is 418 g/mol. The minimum atomic E-state index is -0.948. The van der Waals surface area contributed by atoms with Gasteiger partial charge in [0.2, 0.25) is 0 Å². The van der Waals surface area contributed by atoms with Crippen LogP contribution in [0.2, 0.25) is 0 Å². The minimum absolute atomic E-state index is 0.307. The molecule has 0 fully saturated rings. The van der Waals surface area contributed by atoms with Crippen molar-refractivity contribution in [3.8, 4) is 11.5 Å². The van der Waals surface area contributed by atoms with Gasteiger partial charge in [-0.15, -0.1) is 0 Å². The summed E-state index contributed by atoms with van der Waals surface area (Å²) in [4.78, 5) is 25.2. The van der Waals surface area contributed by atoms with Crippen molar-refractivity contribution >= 4 is 17.6 Å². The van der Waals surface area contributed by atoms with Crippen LogP contribution in [0.4, 0.5) is 5.69 Å². The molecule has 3 aromatic rings. The molecule has 1 amide bonds. The van der Waals surface area contributed by atoms with Crippen LogP contribution in [0.25, 0.3) is 0 Å². The van der Waals surface area contributed by atoms with Crippen LogP contribution < -0.4 is 10.1 Å². The van der Waals surface area contributed by atoms with E-state index in [-0.39, 0.29) is 5.91 Å². The fourth-order valence-electron chi connectivity index (χ4n) is 3.09. The summed E-state index contributed by atoms with van der Waals surface area (Å²) in [6, 6.07) is 23.7. The topological polar surface area (TPSA) is 64.6 Å². The summed E-state index contributed by atoms with van der Waals surface area (Å²) in [5.41, 5.74) is 2.11. The van der Waals surface area contributed by atoms with Gasteiger partial charge in [-0.3, -0.25) is 4.79 Å². The molecule has 0 radical (unpaired) electrons. The summed E-state index contributed by atoms with van der Waals surface area (Å²) in [6.45, 7) is 5.77. The third-order valence-electron chi connectivity index (χ3n) is 5.06. The molecule has 3 aromatic carbocycles. The molecule has 1 N–H and O–H groups in total. The van der Waals surface area contributed by atoms with Gasteiger partial charge in [0.05, 0.1) is 5.56 Å². The van der Waals surface area contributed by atoms with E-state index in [1.807, 2.05) is 54.6 Å². The third kappa shape index (κ3) is 5.95. The summed E-state index contributed by atoms with van der Waals surface area (Å²) in [6.07, 6.45) is 0.00918. The van der Waals surface area contributed by atoms with Crippen molar-refractivity contribution in [3.05, 3.63) is 90.0 Å². The first-order valence-electron chi connectivity index (χ1n) is 10.4. The molecule has 0 saturated heterocycles. The summed E-state index contributed by atoms with van der Waals surface area (Å²) >= 11 is 0. The molecule has 5 heteroatoms. The summed E-state index contributed by atoms with van der Waals surface area (Å²) in [5, 5.41) is 2.89. The molecule has 0 aliphatic heterocycles. The van der Waals surface area contributed by atoms with E-state index in [1.54, 1.807) is 31.2 Å². The molecule has 0 aliphatic carbocycles. The number of benzene rings is 3. The average Bonchev–Trinajstić information content (AvgIpc) is 2.79. The fraction of sp³-hybridized carbons (Fsp3) is 0.231. The highest BCUT2D eigenvalue weighted by atomic mass is 16.5. The zero-order valence-corrected chi connectivity index (χ0v) is 18.0. The Morgan fingerprint density at radius 3 is 2.29 bits per heavy atom. The van der Waals surface area contributed by atoms with Crippen LogP contribution in [-0.4, -0.2) is 18.0 Å². The first kappa shape index (κ1) is 22.1. The zero-order valence-electron chi connectivity index (χ0n) is 18.0. The van der Waals surface area contributed by atoms with Crippen LogP contribution >= 0.6 is 0 Å². The number of anilines is 1. The first-order valence-corrected chi connectivity index (χ1v) is 10.4. The maximum Gasteiger partial charge on any atom is 0.339 e. The normalized spacial score (nSPS) is 12.5. The number of hydrogen-bond acceptors (Lipinski definition) is 4. The molecule has 31 heavy (non-hydrogen) atoms. The second kappa shape index (κ2) is 10.4. The molecule has 0 aliphatic rings. The molecule has 0 bridgehead atoms. The van der Waals surface area contributed by atoms with Crippen LogP contribution in [0.3, 0.4) is 0 Å². The molecule has 0 spiro atoms. The van der Waals surface area contributed by atoms with E-state index in [1.165, 1.54) is 0 Å². The number of amides is 1. The Morgan fingerprint density at radius 1 is 0.871 bits per heavy atom. The van der Waals surface area contributed by atoms with Gasteiger partial charge in [-0.05, 0) is 61.2 Å². The lowest BCUT2D eigenvalue weighted by molar-refractivity contribution is -0.123. The summed E-state index contributed by atoms with van der Waals surface area (Å²) in [7, 11) is 0. The van der Waals surface area contributed by atoms with Gasteiger partial charge in [0, 0.05) is 5.69 Å². The van der Waals surface area contributed by atoms with Crippen molar-refractivity contribution in [2.75, 3.05) is 5.32 Å². The van der Waals surface area contributed by atoms with Crippen molar-refractivity contribution in [2.24, 2.45) is 0 Å². The maximum atomic E-state index is 12.6. The predicted molar refractivity (Wildman–Crippen MR) is 122 cm³/mol. The van der Waals surface area contributed by atoms with Crippen molar-refractivity contribution in [1.29, 1.82) is 0 Å². The van der Waals surface area contributed by atoms with Crippen LogP contribution in [-0.2, 0) is 9.53 Å². The van der Waals surface area contributed by atoms with E-state index >= 15 is 0 Å². The molecule has 0 unspecified atom stereocenters. The predicted octanol–water partition coefficient (Wildman–Crippen LogP) is 6.18. The molecule has 2 atom stereocenters. The number of ether oxygens (including phenoxy) is 2. The van der Waals surface area contributed by atoms with Crippen LogP contribution in [0.1, 0.15) is 49.0 Å². The van der Waals surface area contributed by atoms with Crippen molar-refractivity contribution < 1.29 is 19.1 Å². The smallest absolute Gasteiger partial charge is 0.339 e. The molecular weight excluding hydrogens is 390 g/mol. The Labute approximate surface area is 183 Å². The van der Waals surface area contributed by atoms with Gasteiger partial charge in [0.15, 0.2) is 6.10 Å². The van der Waals surface area contributed by atoms with Gasteiger partial charge >= 0.3 is 5.97 Å².